The highest BCUT2D eigenvalue weighted by atomic mass is 35.5. The highest BCUT2D eigenvalue weighted by molar-refractivity contribution is 6.36. The van der Waals surface area contributed by atoms with Crippen LogP contribution in [-0.4, -0.2) is 19.6 Å². The Labute approximate surface area is 169 Å². The van der Waals surface area contributed by atoms with Gasteiger partial charge in [0.2, 0.25) is 5.95 Å². The van der Waals surface area contributed by atoms with Crippen LogP contribution in [0.4, 0.5) is 11.6 Å². The number of halogens is 2. The molecule has 1 saturated carbocycles. The molecule has 2 aromatic heterocycles. The maximum Gasteiger partial charge on any atom is 0.232 e. The molecule has 142 valence electrons. The molecule has 0 aliphatic heterocycles. The lowest BCUT2D eigenvalue weighted by Gasteiger charge is -2.15. The van der Waals surface area contributed by atoms with Gasteiger partial charge in [0.05, 0.1) is 16.9 Å². The standard InChI is InChI=1S/C20H23Cl2N5/c1-4-5-15(13-6-7-13)16-10-23-27-19(16)24-12(3)25-20(27)26-18-11(2)8-14(21)9-17(18)22/h8-10,13,15H,4-7H2,1-3H3,(H,24,25,26). The van der Waals surface area contributed by atoms with E-state index >= 15 is 0 Å². The Bertz CT molecular complexity index is 970. The number of anilines is 2. The van der Waals surface area contributed by atoms with E-state index in [-0.39, 0.29) is 0 Å². The van der Waals surface area contributed by atoms with Crippen LogP contribution in [0.2, 0.25) is 10.0 Å². The zero-order valence-corrected chi connectivity index (χ0v) is 17.3. The van der Waals surface area contributed by atoms with E-state index in [9.17, 15) is 0 Å². The summed E-state index contributed by atoms with van der Waals surface area (Å²) in [6, 6.07) is 3.60. The second-order valence-electron chi connectivity index (χ2n) is 7.37. The van der Waals surface area contributed by atoms with Crippen LogP contribution in [0.15, 0.2) is 18.3 Å². The lowest BCUT2D eigenvalue weighted by molar-refractivity contribution is 0.552. The first-order chi connectivity index (χ1) is 13.0. The fourth-order valence-corrected chi connectivity index (χ4v) is 4.41. The molecule has 1 atom stereocenters. The van der Waals surface area contributed by atoms with Gasteiger partial charge in [0.25, 0.3) is 0 Å². The monoisotopic (exact) mass is 403 g/mol. The zero-order chi connectivity index (χ0) is 19.1. The van der Waals surface area contributed by atoms with Crippen molar-refractivity contribution in [2.45, 2.75) is 52.4 Å². The minimum absolute atomic E-state index is 0.524. The maximum atomic E-state index is 6.40. The Morgan fingerprint density at radius 1 is 1.22 bits per heavy atom. The first-order valence-corrected chi connectivity index (χ1v) is 10.2. The molecule has 4 rings (SSSR count). The topological polar surface area (TPSA) is 55.1 Å². The van der Waals surface area contributed by atoms with Crippen molar-refractivity contribution in [2.75, 3.05) is 5.32 Å². The van der Waals surface area contributed by atoms with Crippen molar-refractivity contribution >= 4 is 40.5 Å². The Balaban J connectivity index is 1.78. The van der Waals surface area contributed by atoms with E-state index < -0.39 is 0 Å². The number of hydrogen-bond donors (Lipinski definition) is 1. The summed E-state index contributed by atoms with van der Waals surface area (Å²) in [5.41, 5.74) is 3.85. The van der Waals surface area contributed by atoms with Gasteiger partial charge in [-0.2, -0.15) is 14.6 Å². The van der Waals surface area contributed by atoms with E-state index in [4.69, 9.17) is 28.2 Å². The van der Waals surface area contributed by atoms with E-state index in [1.807, 2.05) is 26.1 Å². The van der Waals surface area contributed by atoms with Crippen LogP contribution in [0.25, 0.3) is 5.65 Å². The molecule has 1 N–H and O–H groups in total. The van der Waals surface area contributed by atoms with Crippen molar-refractivity contribution in [3.63, 3.8) is 0 Å². The molecule has 27 heavy (non-hydrogen) atoms. The minimum atomic E-state index is 0.524. The van der Waals surface area contributed by atoms with Gasteiger partial charge in [-0.15, -0.1) is 0 Å². The molecule has 1 fully saturated rings. The van der Waals surface area contributed by atoms with Crippen LogP contribution in [0.1, 0.15) is 55.5 Å². The number of fused-ring (bicyclic) bond motifs is 1. The molecule has 2 heterocycles. The van der Waals surface area contributed by atoms with Gasteiger partial charge < -0.3 is 5.32 Å². The summed E-state index contributed by atoms with van der Waals surface area (Å²) in [6.07, 6.45) is 6.89. The summed E-state index contributed by atoms with van der Waals surface area (Å²) in [4.78, 5) is 9.27. The maximum absolute atomic E-state index is 6.40. The average molecular weight is 404 g/mol. The summed E-state index contributed by atoms with van der Waals surface area (Å²) in [5.74, 6) is 2.61. The molecule has 0 spiro atoms. The number of benzene rings is 1. The first kappa shape index (κ1) is 18.5. The summed E-state index contributed by atoms with van der Waals surface area (Å²) in [5, 5.41) is 9.11. The molecule has 1 aliphatic carbocycles. The Kier molecular flexibility index (Phi) is 4.99. The van der Waals surface area contributed by atoms with Crippen LogP contribution in [-0.2, 0) is 0 Å². The normalized spacial score (nSPS) is 15.3. The predicted molar refractivity (Wildman–Crippen MR) is 110 cm³/mol. The molecule has 0 radical (unpaired) electrons. The van der Waals surface area contributed by atoms with Gasteiger partial charge in [0.1, 0.15) is 5.82 Å². The van der Waals surface area contributed by atoms with Crippen molar-refractivity contribution in [1.82, 2.24) is 19.6 Å². The third-order valence-corrected chi connectivity index (χ3v) is 5.70. The molecule has 1 aliphatic rings. The highest BCUT2D eigenvalue weighted by Crippen LogP contribution is 2.46. The summed E-state index contributed by atoms with van der Waals surface area (Å²) in [6.45, 7) is 6.11. The molecule has 0 saturated heterocycles. The fourth-order valence-electron chi connectivity index (χ4n) is 3.77. The van der Waals surface area contributed by atoms with Crippen molar-refractivity contribution in [3.05, 3.63) is 45.3 Å². The predicted octanol–water partition coefficient (Wildman–Crippen LogP) is 6.09. The molecular formula is C20H23Cl2N5. The number of aryl methyl sites for hydroxylation is 2. The highest BCUT2D eigenvalue weighted by Gasteiger charge is 2.34. The van der Waals surface area contributed by atoms with Crippen LogP contribution < -0.4 is 5.32 Å². The van der Waals surface area contributed by atoms with E-state index in [1.165, 1.54) is 24.8 Å². The van der Waals surface area contributed by atoms with Crippen molar-refractivity contribution < 1.29 is 0 Å². The zero-order valence-electron chi connectivity index (χ0n) is 15.8. The van der Waals surface area contributed by atoms with Crippen LogP contribution in [0, 0.1) is 19.8 Å². The lowest BCUT2D eigenvalue weighted by atomic mass is 9.92. The number of rotatable bonds is 6. The van der Waals surface area contributed by atoms with E-state index in [1.54, 1.807) is 10.6 Å². The molecule has 1 aromatic carbocycles. The van der Waals surface area contributed by atoms with Gasteiger partial charge in [0, 0.05) is 10.6 Å². The van der Waals surface area contributed by atoms with Gasteiger partial charge >= 0.3 is 0 Å². The van der Waals surface area contributed by atoms with Crippen LogP contribution in [0.3, 0.4) is 0 Å². The number of aromatic nitrogens is 4. The van der Waals surface area contributed by atoms with Gasteiger partial charge in [-0.1, -0.05) is 36.5 Å². The quantitative estimate of drug-likeness (QED) is 0.541. The van der Waals surface area contributed by atoms with Gasteiger partial charge in [0.15, 0.2) is 5.65 Å². The smallest absolute Gasteiger partial charge is 0.232 e. The molecule has 1 unspecified atom stereocenters. The van der Waals surface area contributed by atoms with Crippen LogP contribution in [0.5, 0.6) is 0 Å². The minimum Gasteiger partial charge on any atom is -0.322 e. The largest absolute Gasteiger partial charge is 0.322 e. The number of nitrogens with one attached hydrogen (secondary N) is 1. The SMILES string of the molecule is CCCC(c1cnn2c(Nc3c(C)cc(Cl)cc3Cl)nc(C)nc12)C1CC1. The number of hydrogen-bond acceptors (Lipinski definition) is 4. The summed E-state index contributed by atoms with van der Waals surface area (Å²) >= 11 is 12.5. The molecular weight excluding hydrogens is 381 g/mol. The third kappa shape index (κ3) is 3.63. The summed E-state index contributed by atoms with van der Waals surface area (Å²) in [7, 11) is 0. The molecule has 0 bridgehead atoms. The molecule has 5 nitrogen and oxygen atoms in total. The van der Waals surface area contributed by atoms with Crippen molar-refractivity contribution in [3.8, 4) is 0 Å². The Hall–Kier alpha value is -1.85. The van der Waals surface area contributed by atoms with Gasteiger partial charge in [-0.3, -0.25) is 0 Å². The van der Waals surface area contributed by atoms with Crippen LogP contribution >= 0.6 is 23.2 Å². The first-order valence-electron chi connectivity index (χ1n) is 9.43. The fraction of sp³-hybridized carbons (Fsp3) is 0.450. The van der Waals surface area contributed by atoms with Gasteiger partial charge in [-0.25, -0.2) is 4.98 Å². The Morgan fingerprint density at radius 3 is 2.67 bits per heavy atom. The second kappa shape index (κ2) is 7.28. The number of nitrogens with zero attached hydrogens (tertiary/aromatic N) is 4. The molecule has 3 aromatic rings. The third-order valence-electron chi connectivity index (χ3n) is 5.19. The van der Waals surface area contributed by atoms with E-state index in [0.717, 1.165) is 29.2 Å². The van der Waals surface area contributed by atoms with Crippen molar-refractivity contribution in [2.24, 2.45) is 5.92 Å². The second-order valence-corrected chi connectivity index (χ2v) is 8.21. The van der Waals surface area contributed by atoms with Crippen molar-refractivity contribution in [1.29, 1.82) is 0 Å². The average Bonchev–Trinajstić information content (AvgIpc) is 3.36. The molecule has 7 heteroatoms. The van der Waals surface area contributed by atoms with E-state index in [2.05, 4.69) is 22.3 Å². The Morgan fingerprint density at radius 2 is 2.00 bits per heavy atom. The summed E-state index contributed by atoms with van der Waals surface area (Å²) < 4.78 is 1.79. The molecule has 0 amide bonds. The van der Waals surface area contributed by atoms with E-state index in [0.29, 0.717) is 27.7 Å². The van der Waals surface area contributed by atoms with Gasteiger partial charge in [-0.05, 0) is 62.6 Å². The lowest BCUT2D eigenvalue weighted by Crippen LogP contribution is -2.08.